The molecule has 29 heavy (non-hydrogen) atoms. The van der Waals surface area contributed by atoms with Crippen LogP contribution in [0.5, 0.6) is 0 Å². The number of carbonyl (C=O) groups excluding carboxylic acids is 2. The van der Waals surface area contributed by atoms with Crippen LogP contribution in [0.3, 0.4) is 0 Å². The molecular formula is C21H28N4O3S. The van der Waals surface area contributed by atoms with E-state index < -0.39 is 0 Å². The molecule has 0 atom stereocenters. The van der Waals surface area contributed by atoms with E-state index in [0.717, 1.165) is 31.6 Å². The number of rotatable bonds is 7. The average Bonchev–Trinajstić information content (AvgIpc) is 3.52. The molecule has 2 N–H and O–H groups in total. The normalized spacial score (nSPS) is 18.3. The van der Waals surface area contributed by atoms with Crippen LogP contribution in [0, 0.1) is 0 Å². The zero-order valence-corrected chi connectivity index (χ0v) is 17.4. The Morgan fingerprint density at radius 1 is 1.24 bits per heavy atom. The van der Waals surface area contributed by atoms with Gasteiger partial charge in [-0.25, -0.2) is 0 Å². The summed E-state index contributed by atoms with van der Waals surface area (Å²) in [6.45, 7) is 1.88. The molecule has 2 fully saturated rings. The summed E-state index contributed by atoms with van der Waals surface area (Å²) in [5, 5.41) is 10.7. The maximum Gasteiger partial charge on any atom is 0.272 e. The Labute approximate surface area is 175 Å². The lowest BCUT2D eigenvalue weighted by molar-refractivity contribution is -0.129. The minimum absolute atomic E-state index is 0.222. The molecule has 1 saturated heterocycles. The van der Waals surface area contributed by atoms with Gasteiger partial charge in [-0.1, -0.05) is 12.8 Å². The van der Waals surface area contributed by atoms with Crippen LogP contribution in [0.1, 0.15) is 66.4 Å². The molecule has 1 saturated carbocycles. The minimum Gasteiger partial charge on any atom is -0.467 e. The molecule has 0 unspecified atom stereocenters. The van der Waals surface area contributed by atoms with Gasteiger partial charge in [0.2, 0.25) is 5.91 Å². The molecule has 8 heteroatoms. The van der Waals surface area contributed by atoms with Gasteiger partial charge >= 0.3 is 0 Å². The number of piperidine rings is 1. The number of hydrogen-bond donors (Lipinski definition) is 2. The van der Waals surface area contributed by atoms with Gasteiger partial charge in [-0.05, 0) is 43.9 Å². The maximum absolute atomic E-state index is 12.5. The number of amides is 2. The highest BCUT2D eigenvalue weighted by atomic mass is 32.2. The predicted molar refractivity (Wildman–Crippen MR) is 112 cm³/mol. The molecule has 3 heterocycles. The van der Waals surface area contributed by atoms with Gasteiger partial charge in [0.1, 0.15) is 11.5 Å². The largest absolute Gasteiger partial charge is 0.467 e. The first-order valence-corrected chi connectivity index (χ1v) is 11.5. The second kappa shape index (κ2) is 9.52. The van der Waals surface area contributed by atoms with Gasteiger partial charge in [0.15, 0.2) is 0 Å². The average molecular weight is 417 g/mol. The first-order chi connectivity index (χ1) is 14.2. The fourth-order valence-corrected chi connectivity index (χ4v) is 5.34. The monoisotopic (exact) mass is 416 g/mol. The van der Waals surface area contributed by atoms with Crippen LogP contribution < -0.4 is 5.32 Å². The third kappa shape index (κ3) is 5.23. The van der Waals surface area contributed by atoms with Crippen molar-refractivity contribution in [3.63, 3.8) is 0 Å². The molecule has 0 spiro atoms. The first kappa shape index (κ1) is 20.1. The standard InChI is InChI=1S/C21H28N4O3S/c26-20(14-29-17-5-1-2-6-17)25-9-7-15(8-10-25)18-12-19(24-23-18)21(27)22-13-16-4-3-11-28-16/h3-4,11-12,15,17H,1-2,5-10,13-14H2,(H,22,27)(H,23,24). The summed E-state index contributed by atoms with van der Waals surface area (Å²) >= 11 is 1.83. The van der Waals surface area contributed by atoms with Crippen molar-refractivity contribution < 1.29 is 14.0 Å². The van der Waals surface area contributed by atoms with Gasteiger partial charge in [-0.3, -0.25) is 14.7 Å². The number of hydrogen-bond acceptors (Lipinski definition) is 5. The van der Waals surface area contributed by atoms with Crippen LogP contribution in [0.15, 0.2) is 28.9 Å². The van der Waals surface area contributed by atoms with E-state index in [4.69, 9.17) is 4.42 Å². The number of aromatic nitrogens is 2. The second-order valence-corrected chi connectivity index (χ2v) is 9.13. The van der Waals surface area contributed by atoms with Gasteiger partial charge < -0.3 is 14.6 Å². The van der Waals surface area contributed by atoms with E-state index in [1.165, 1.54) is 25.7 Å². The van der Waals surface area contributed by atoms with E-state index in [2.05, 4.69) is 15.5 Å². The van der Waals surface area contributed by atoms with Crippen molar-refractivity contribution >= 4 is 23.6 Å². The summed E-state index contributed by atoms with van der Waals surface area (Å²) in [5.74, 6) is 1.67. The molecular weight excluding hydrogens is 388 g/mol. The van der Waals surface area contributed by atoms with Crippen LogP contribution in [-0.4, -0.2) is 51.0 Å². The van der Waals surface area contributed by atoms with E-state index >= 15 is 0 Å². The summed E-state index contributed by atoms with van der Waals surface area (Å²) in [5.41, 5.74) is 1.36. The summed E-state index contributed by atoms with van der Waals surface area (Å²) < 4.78 is 5.22. The fourth-order valence-electron chi connectivity index (χ4n) is 4.11. The number of aromatic amines is 1. The molecule has 2 amide bonds. The van der Waals surface area contributed by atoms with Crippen molar-refractivity contribution in [3.8, 4) is 0 Å². The van der Waals surface area contributed by atoms with Gasteiger partial charge in [0, 0.05) is 30.0 Å². The van der Waals surface area contributed by atoms with E-state index in [0.29, 0.717) is 34.9 Å². The third-order valence-electron chi connectivity index (χ3n) is 5.87. The van der Waals surface area contributed by atoms with Crippen molar-refractivity contribution in [3.05, 3.63) is 41.6 Å². The number of carbonyl (C=O) groups is 2. The predicted octanol–water partition coefficient (Wildman–Crippen LogP) is 3.31. The van der Waals surface area contributed by atoms with Gasteiger partial charge in [0.05, 0.1) is 18.6 Å². The number of H-pyrrole nitrogens is 1. The Bertz CT molecular complexity index is 806. The Morgan fingerprint density at radius 3 is 2.76 bits per heavy atom. The Kier molecular flexibility index (Phi) is 6.59. The maximum atomic E-state index is 12.5. The van der Waals surface area contributed by atoms with Crippen LogP contribution in [0.4, 0.5) is 0 Å². The molecule has 7 nitrogen and oxygen atoms in total. The van der Waals surface area contributed by atoms with Crippen LogP contribution in [0.2, 0.25) is 0 Å². The topological polar surface area (TPSA) is 91.2 Å². The van der Waals surface area contributed by atoms with Crippen LogP contribution in [0.25, 0.3) is 0 Å². The summed E-state index contributed by atoms with van der Waals surface area (Å²) in [6.07, 6.45) is 8.52. The Balaban J connectivity index is 1.22. The van der Waals surface area contributed by atoms with Crippen molar-refractivity contribution in [2.24, 2.45) is 0 Å². The zero-order chi connectivity index (χ0) is 20.1. The number of likely N-dealkylation sites (tertiary alicyclic amines) is 1. The van der Waals surface area contributed by atoms with E-state index in [1.807, 2.05) is 28.8 Å². The molecule has 0 bridgehead atoms. The number of furan rings is 1. The molecule has 2 aromatic heterocycles. The van der Waals surface area contributed by atoms with Gasteiger partial charge in [-0.15, -0.1) is 11.8 Å². The van der Waals surface area contributed by atoms with Crippen molar-refractivity contribution in [2.75, 3.05) is 18.8 Å². The fraction of sp³-hybridized carbons (Fsp3) is 0.571. The summed E-state index contributed by atoms with van der Waals surface area (Å²) in [6, 6.07) is 5.44. The molecule has 2 aromatic rings. The van der Waals surface area contributed by atoms with E-state index in [-0.39, 0.29) is 11.8 Å². The second-order valence-electron chi connectivity index (χ2n) is 7.84. The highest BCUT2D eigenvalue weighted by molar-refractivity contribution is 8.00. The molecule has 4 rings (SSSR count). The summed E-state index contributed by atoms with van der Waals surface area (Å²) in [7, 11) is 0. The molecule has 0 radical (unpaired) electrons. The highest BCUT2D eigenvalue weighted by Crippen LogP contribution is 2.31. The molecule has 1 aliphatic carbocycles. The van der Waals surface area contributed by atoms with Gasteiger partial charge in [0.25, 0.3) is 5.91 Å². The summed E-state index contributed by atoms with van der Waals surface area (Å²) in [4.78, 5) is 26.7. The number of nitrogens with one attached hydrogen (secondary N) is 2. The highest BCUT2D eigenvalue weighted by Gasteiger charge is 2.26. The number of thioether (sulfide) groups is 1. The quantitative estimate of drug-likeness (QED) is 0.723. The first-order valence-electron chi connectivity index (χ1n) is 10.4. The SMILES string of the molecule is O=C(NCc1ccco1)c1cc(C2CCN(C(=O)CSC3CCCC3)CC2)[nH]n1. The Hall–Kier alpha value is -2.22. The minimum atomic E-state index is -0.222. The molecule has 0 aromatic carbocycles. The molecule has 2 aliphatic rings. The lowest BCUT2D eigenvalue weighted by atomic mass is 9.93. The Morgan fingerprint density at radius 2 is 2.03 bits per heavy atom. The number of nitrogens with zero attached hydrogens (tertiary/aromatic N) is 2. The van der Waals surface area contributed by atoms with E-state index in [1.54, 1.807) is 12.3 Å². The zero-order valence-electron chi connectivity index (χ0n) is 16.6. The van der Waals surface area contributed by atoms with Crippen LogP contribution in [-0.2, 0) is 11.3 Å². The van der Waals surface area contributed by atoms with E-state index in [9.17, 15) is 9.59 Å². The lowest BCUT2D eigenvalue weighted by Crippen LogP contribution is -2.39. The van der Waals surface area contributed by atoms with Crippen molar-refractivity contribution in [1.82, 2.24) is 20.4 Å². The molecule has 1 aliphatic heterocycles. The van der Waals surface area contributed by atoms with Crippen molar-refractivity contribution in [1.29, 1.82) is 0 Å². The van der Waals surface area contributed by atoms with Crippen LogP contribution >= 0.6 is 11.8 Å². The van der Waals surface area contributed by atoms with Crippen molar-refractivity contribution in [2.45, 2.75) is 56.2 Å². The lowest BCUT2D eigenvalue weighted by Gasteiger charge is -2.31. The van der Waals surface area contributed by atoms with Gasteiger partial charge in [-0.2, -0.15) is 5.10 Å². The smallest absolute Gasteiger partial charge is 0.272 e. The third-order valence-corrected chi connectivity index (χ3v) is 7.22. The molecule has 156 valence electrons.